The normalized spacial score (nSPS) is 10.9. The molecule has 0 saturated carbocycles. The van der Waals surface area contributed by atoms with Gasteiger partial charge in [0.25, 0.3) is 0 Å². The van der Waals surface area contributed by atoms with Crippen LogP contribution in [0.3, 0.4) is 0 Å². The molecule has 0 spiro atoms. The Kier molecular flexibility index (Phi) is 7.85. The third-order valence-corrected chi connectivity index (χ3v) is 3.06. The molecule has 2 rings (SSSR count). The molecular formula is C16H14F3N2NaO3. The van der Waals surface area contributed by atoms with Crippen LogP contribution in [-0.4, -0.2) is 22.5 Å². The van der Waals surface area contributed by atoms with E-state index in [9.17, 15) is 23.1 Å². The predicted molar refractivity (Wildman–Crippen MR) is 77.0 cm³/mol. The number of ether oxygens (including phenoxy) is 1. The summed E-state index contributed by atoms with van der Waals surface area (Å²) in [5.41, 5.74) is -0.870. The van der Waals surface area contributed by atoms with Gasteiger partial charge in [0.2, 0.25) is 0 Å². The summed E-state index contributed by atoms with van der Waals surface area (Å²) in [5, 5.41) is 10.5. The fourth-order valence-electron chi connectivity index (χ4n) is 2.01. The minimum atomic E-state index is -4.60. The Balaban J connectivity index is 0.00000312. The van der Waals surface area contributed by atoms with E-state index in [-0.39, 0.29) is 52.3 Å². The second kappa shape index (κ2) is 9.17. The Morgan fingerprint density at radius 2 is 1.88 bits per heavy atom. The minimum absolute atomic E-state index is 0. The van der Waals surface area contributed by atoms with E-state index in [0.29, 0.717) is 13.0 Å². The average molecular weight is 362 g/mol. The van der Waals surface area contributed by atoms with Gasteiger partial charge in [-0.05, 0) is 30.2 Å². The first kappa shape index (κ1) is 21.4. The first-order valence-electron chi connectivity index (χ1n) is 7.16. The molecular weight excluding hydrogens is 348 g/mol. The van der Waals surface area contributed by atoms with Crippen molar-refractivity contribution in [2.75, 3.05) is 6.61 Å². The summed E-state index contributed by atoms with van der Waals surface area (Å²) in [7, 11) is 0. The van der Waals surface area contributed by atoms with Gasteiger partial charge in [-0.3, -0.25) is 0 Å². The van der Waals surface area contributed by atoms with Crippen molar-refractivity contribution in [1.82, 2.24) is 9.97 Å². The third-order valence-electron chi connectivity index (χ3n) is 3.06. The second-order valence-corrected chi connectivity index (χ2v) is 5.02. The van der Waals surface area contributed by atoms with Gasteiger partial charge in [-0.25, -0.2) is 9.97 Å². The van der Waals surface area contributed by atoms with Crippen LogP contribution in [0.5, 0.6) is 5.75 Å². The van der Waals surface area contributed by atoms with Gasteiger partial charge in [0.05, 0.1) is 12.2 Å². The summed E-state index contributed by atoms with van der Waals surface area (Å²) in [4.78, 5) is 18.2. The van der Waals surface area contributed by atoms with Crippen LogP contribution in [0.15, 0.2) is 30.6 Å². The number of nitrogens with zero attached hydrogens (tertiary/aromatic N) is 2. The van der Waals surface area contributed by atoms with Crippen LogP contribution in [0.4, 0.5) is 13.2 Å². The van der Waals surface area contributed by atoms with Gasteiger partial charge in [0.15, 0.2) is 5.82 Å². The number of hydrogen-bond donors (Lipinski definition) is 0. The first-order chi connectivity index (χ1) is 11.3. The molecule has 0 bridgehead atoms. The molecule has 0 atom stereocenters. The number of carboxylic acids is 1. The molecule has 0 aliphatic carbocycles. The summed E-state index contributed by atoms with van der Waals surface area (Å²) in [6, 6.07) is 3.56. The standard InChI is InChI=1S/C16H15F3N2O3.Na/c1-2-5-24-11-3-4-12(13(7-11)16(17,18)19)15-20-8-10(9-21-15)6-14(22)23;/h3-4,7-9H,2,5-6H2,1H3,(H,22,23);/q;+1/p-1. The van der Waals surface area contributed by atoms with Crippen molar-refractivity contribution in [2.45, 2.75) is 25.9 Å². The van der Waals surface area contributed by atoms with E-state index in [4.69, 9.17) is 4.74 Å². The zero-order chi connectivity index (χ0) is 17.7. The van der Waals surface area contributed by atoms with Crippen LogP contribution in [0.1, 0.15) is 24.5 Å². The van der Waals surface area contributed by atoms with Crippen LogP contribution in [0, 0.1) is 0 Å². The number of halogens is 3. The maximum absolute atomic E-state index is 13.3. The zero-order valence-electron chi connectivity index (χ0n) is 13.8. The maximum Gasteiger partial charge on any atom is 1.00 e. The molecule has 0 fully saturated rings. The summed E-state index contributed by atoms with van der Waals surface area (Å²) in [6.07, 6.45) is -2.00. The molecule has 2 aromatic rings. The largest absolute Gasteiger partial charge is 1.00 e. The Bertz CT molecular complexity index is 722. The maximum atomic E-state index is 13.3. The number of alkyl halides is 3. The summed E-state index contributed by atoms with van der Waals surface area (Å²) in [6.45, 7) is 2.16. The van der Waals surface area contributed by atoms with E-state index < -0.39 is 24.1 Å². The van der Waals surface area contributed by atoms with E-state index in [2.05, 4.69) is 9.97 Å². The van der Waals surface area contributed by atoms with Crippen molar-refractivity contribution in [2.24, 2.45) is 0 Å². The van der Waals surface area contributed by atoms with E-state index >= 15 is 0 Å². The number of aliphatic carboxylic acids is 1. The molecule has 0 aliphatic heterocycles. The van der Waals surface area contributed by atoms with Gasteiger partial charge in [-0.1, -0.05) is 6.92 Å². The molecule has 1 aromatic carbocycles. The molecule has 0 unspecified atom stereocenters. The average Bonchev–Trinajstić information content (AvgIpc) is 2.52. The smallest absolute Gasteiger partial charge is 0.550 e. The van der Waals surface area contributed by atoms with Gasteiger partial charge in [0.1, 0.15) is 5.75 Å². The predicted octanol–water partition coefficient (Wildman–Crippen LogP) is -0.752. The van der Waals surface area contributed by atoms with Gasteiger partial charge in [-0.15, -0.1) is 0 Å². The summed E-state index contributed by atoms with van der Waals surface area (Å²) >= 11 is 0. The molecule has 1 aromatic heterocycles. The van der Waals surface area contributed by atoms with Crippen LogP contribution < -0.4 is 39.4 Å². The van der Waals surface area contributed by atoms with Gasteiger partial charge >= 0.3 is 35.7 Å². The molecule has 5 nitrogen and oxygen atoms in total. The van der Waals surface area contributed by atoms with Crippen LogP contribution in [0.25, 0.3) is 11.4 Å². The molecule has 25 heavy (non-hydrogen) atoms. The molecule has 9 heteroatoms. The van der Waals surface area contributed by atoms with E-state index in [1.165, 1.54) is 24.5 Å². The van der Waals surface area contributed by atoms with Gasteiger partial charge < -0.3 is 14.6 Å². The monoisotopic (exact) mass is 362 g/mol. The van der Waals surface area contributed by atoms with Crippen molar-refractivity contribution in [3.05, 3.63) is 41.7 Å². The molecule has 0 saturated heterocycles. The van der Waals surface area contributed by atoms with E-state index in [0.717, 1.165) is 6.07 Å². The van der Waals surface area contributed by atoms with Gasteiger partial charge in [0, 0.05) is 30.3 Å². The van der Waals surface area contributed by atoms with Crippen molar-refractivity contribution < 1.29 is 57.4 Å². The minimum Gasteiger partial charge on any atom is -0.550 e. The molecule has 1 heterocycles. The number of carbonyl (C=O) groups excluding carboxylic acids is 1. The number of carboxylic acid groups (broad SMARTS) is 1. The first-order valence-corrected chi connectivity index (χ1v) is 7.16. The Morgan fingerprint density at radius 3 is 2.40 bits per heavy atom. The topological polar surface area (TPSA) is 75.1 Å². The molecule has 0 aliphatic rings. The quantitative estimate of drug-likeness (QED) is 0.632. The molecule has 0 N–H and O–H groups in total. The molecule has 0 amide bonds. The SMILES string of the molecule is CCCOc1ccc(-c2ncc(CC(=O)[O-])cn2)c(C(F)(F)F)c1.[Na+]. The molecule has 128 valence electrons. The number of carbonyl (C=O) groups is 1. The zero-order valence-corrected chi connectivity index (χ0v) is 15.8. The fraction of sp³-hybridized carbons (Fsp3) is 0.312. The Morgan fingerprint density at radius 1 is 1.24 bits per heavy atom. The van der Waals surface area contributed by atoms with Gasteiger partial charge in [-0.2, -0.15) is 13.2 Å². The number of benzene rings is 1. The van der Waals surface area contributed by atoms with E-state index in [1.807, 2.05) is 6.92 Å². The van der Waals surface area contributed by atoms with Crippen molar-refractivity contribution in [3.63, 3.8) is 0 Å². The van der Waals surface area contributed by atoms with Crippen LogP contribution in [-0.2, 0) is 17.4 Å². The van der Waals surface area contributed by atoms with Crippen molar-refractivity contribution >= 4 is 5.97 Å². The van der Waals surface area contributed by atoms with Crippen LogP contribution >= 0.6 is 0 Å². The fourth-order valence-corrected chi connectivity index (χ4v) is 2.01. The second-order valence-electron chi connectivity index (χ2n) is 5.02. The van der Waals surface area contributed by atoms with Crippen molar-refractivity contribution in [3.8, 4) is 17.1 Å². The Labute approximate surface area is 164 Å². The number of hydrogen-bond acceptors (Lipinski definition) is 5. The van der Waals surface area contributed by atoms with E-state index in [1.54, 1.807) is 0 Å². The number of rotatable bonds is 6. The van der Waals surface area contributed by atoms with Crippen molar-refractivity contribution in [1.29, 1.82) is 0 Å². The third kappa shape index (κ3) is 5.98. The molecule has 0 radical (unpaired) electrons. The summed E-state index contributed by atoms with van der Waals surface area (Å²) in [5.74, 6) is -1.35. The van der Waals surface area contributed by atoms with Crippen LogP contribution in [0.2, 0.25) is 0 Å². The number of aromatic nitrogens is 2. The Hall–Kier alpha value is -1.64. The summed E-state index contributed by atoms with van der Waals surface area (Å²) < 4.78 is 45.1.